The number of quaternary nitrogens is 1. The normalized spacial score (nSPS) is 21.0. The first-order valence-corrected chi connectivity index (χ1v) is 11.0. The van der Waals surface area contributed by atoms with E-state index >= 15 is 0 Å². The number of halogens is 1. The molecule has 3 aromatic rings. The number of aromatic amines is 1. The van der Waals surface area contributed by atoms with Gasteiger partial charge in [0, 0.05) is 48.9 Å². The summed E-state index contributed by atoms with van der Waals surface area (Å²) in [7, 11) is 0. The van der Waals surface area contributed by atoms with Crippen LogP contribution in [0.4, 0.5) is 10.5 Å². The predicted octanol–water partition coefficient (Wildman–Crippen LogP) is 4.54. The molecule has 0 radical (unpaired) electrons. The van der Waals surface area contributed by atoms with E-state index in [0.717, 1.165) is 40.3 Å². The summed E-state index contributed by atoms with van der Waals surface area (Å²) in [5, 5.41) is 3.13. The molecule has 0 aromatic carbocycles. The van der Waals surface area contributed by atoms with Crippen LogP contribution in [0.1, 0.15) is 33.0 Å². The molecule has 164 valence electrons. The molecule has 0 saturated carbocycles. The highest BCUT2D eigenvalue weighted by atomic mass is 35.5. The Morgan fingerprint density at radius 1 is 1.22 bits per heavy atom. The van der Waals surface area contributed by atoms with Gasteiger partial charge in [0.1, 0.15) is 17.2 Å². The molecule has 0 bridgehead atoms. The number of pyridine rings is 2. The number of nitrogens with zero attached hydrogens (tertiary/aromatic N) is 5. The number of fused-ring (bicyclic) bond motifs is 2. The van der Waals surface area contributed by atoms with E-state index in [4.69, 9.17) is 16.8 Å². The van der Waals surface area contributed by atoms with Crippen LogP contribution in [0.5, 0.6) is 0 Å². The Bertz CT molecular complexity index is 1230. The number of H-pyrrole nitrogens is 1. The molecule has 1 fully saturated rings. The summed E-state index contributed by atoms with van der Waals surface area (Å²) in [5.41, 5.74) is 5.64. The van der Waals surface area contributed by atoms with Gasteiger partial charge >= 0.3 is 6.03 Å². The van der Waals surface area contributed by atoms with Crippen LogP contribution in [0.15, 0.2) is 59.9 Å². The van der Waals surface area contributed by atoms with Crippen LogP contribution in [0, 0.1) is 5.92 Å². The standard InChI is InChI=1S/C23H24ClN7O/c1-14(2)8-12-31(16-6-10-25-11-7-16)20-17(13-30(24)15(3)19(20)28-23(31)32)21-27-18-5-4-9-26-22(18)29-21/h4-7,9-11,14H,8,12-13H2,1-3H3,(H-,26,27,28,29,32)/p+1. The van der Waals surface area contributed by atoms with Crippen molar-refractivity contribution >= 4 is 40.2 Å². The predicted molar refractivity (Wildman–Crippen MR) is 125 cm³/mol. The molecular weight excluding hydrogens is 426 g/mol. The smallest absolute Gasteiger partial charge is 0.337 e. The summed E-state index contributed by atoms with van der Waals surface area (Å²) in [6.07, 6.45) is 6.05. The highest BCUT2D eigenvalue weighted by Crippen LogP contribution is 2.45. The van der Waals surface area contributed by atoms with Gasteiger partial charge in [0.05, 0.1) is 29.9 Å². The summed E-state index contributed by atoms with van der Waals surface area (Å²) in [4.78, 5) is 30.4. The molecule has 5 heterocycles. The molecule has 2 aliphatic heterocycles. The first kappa shape index (κ1) is 20.7. The molecule has 32 heavy (non-hydrogen) atoms. The summed E-state index contributed by atoms with van der Waals surface area (Å²) in [6.45, 7) is 7.29. The molecule has 1 atom stereocenters. The monoisotopic (exact) mass is 450 g/mol. The second-order valence-electron chi connectivity index (χ2n) is 8.62. The minimum atomic E-state index is -0.0973. The highest BCUT2D eigenvalue weighted by molar-refractivity contribution is 6.16. The van der Waals surface area contributed by atoms with Crippen molar-refractivity contribution in [1.82, 2.24) is 34.2 Å². The Labute approximate surface area is 191 Å². The lowest BCUT2D eigenvalue weighted by Gasteiger charge is -2.34. The molecule has 9 heteroatoms. The second-order valence-corrected chi connectivity index (χ2v) is 9.03. The number of aromatic nitrogens is 4. The minimum Gasteiger partial charge on any atom is -0.337 e. The number of carbonyl (C=O) groups excluding carboxylic acids is 1. The summed E-state index contributed by atoms with van der Waals surface area (Å²) in [5.74, 6) is 1.10. The number of carbonyl (C=O) groups is 1. The number of urea groups is 1. The maximum Gasteiger partial charge on any atom is 0.431 e. The van der Waals surface area contributed by atoms with Gasteiger partial charge in [-0.2, -0.15) is 4.48 Å². The van der Waals surface area contributed by atoms with Crippen molar-refractivity contribution in [2.45, 2.75) is 27.2 Å². The number of nitrogens with one attached hydrogen (secondary N) is 2. The largest absolute Gasteiger partial charge is 0.431 e. The van der Waals surface area contributed by atoms with Crippen LogP contribution in [0.3, 0.4) is 0 Å². The zero-order chi connectivity index (χ0) is 22.5. The average molecular weight is 451 g/mol. The fourth-order valence-electron chi connectivity index (χ4n) is 4.46. The van der Waals surface area contributed by atoms with Crippen molar-refractivity contribution in [1.29, 1.82) is 0 Å². The molecule has 1 unspecified atom stereocenters. The zero-order valence-electron chi connectivity index (χ0n) is 18.3. The first-order chi connectivity index (χ1) is 15.4. The molecule has 0 spiro atoms. The van der Waals surface area contributed by atoms with Gasteiger partial charge in [-0.3, -0.25) is 14.7 Å². The van der Waals surface area contributed by atoms with Crippen LogP contribution >= 0.6 is 11.8 Å². The molecular formula is C23H25ClN7O+. The van der Waals surface area contributed by atoms with E-state index < -0.39 is 0 Å². The lowest BCUT2D eigenvalue weighted by atomic mass is 10.0. The summed E-state index contributed by atoms with van der Waals surface area (Å²) < 4.78 is 1.68. The van der Waals surface area contributed by atoms with E-state index in [1.54, 1.807) is 23.0 Å². The second kappa shape index (κ2) is 7.72. The number of imidazole rings is 1. The first-order valence-electron chi connectivity index (χ1n) is 10.7. The van der Waals surface area contributed by atoms with Gasteiger partial charge in [-0.1, -0.05) is 13.8 Å². The lowest BCUT2D eigenvalue weighted by Crippen LogP contribution is -2.52. The minimum absolute atomic E-state index is 0.0535. The van der Waals surface area contributed by atoms with Crippen molar-refractivity contribution in [2.75, 3.05) is 13.1 Å². The van der Waals surface area contributed by atoms with Gasteiger partial charge in [-0.25, -0.2) is 14.8 Å². The van der Waals surface area contributed by atoms with E-state index in [2.05, 4.69) is 34.1 Å². The van der Waals surface area contributed by atoms with Crippen molar-refractivity contribution < 1.29 is 4.79 Å². The maximum absolute atomic E-state index is 13.7. The van der Waals surface area contributed by atoms with Gasteiger partial charge in [-0.05, 0) is 25.0 Å². The average Bonchev–Trinajstić information content (AvgIpc) is 3.35. The fraction of sp³-hybridized carbons (Fsp3) is 0.304. The molecule has 8 nitrogen and oxygen atoms in total. The van der Waals surface area contributed by atoms with E-state index in [1.807, 2.05) is 31.2 Å². The third-order valence-electron chi connectivity index (χ3n) is 6.19. The van der Waals surface area contributed by atoms with Gasteiger partial charge in [0.15, 0.2) is 11.3 Å². The molecule has 2 aliphatic rings. The highest BCUT2D eigenvalue weighted by Gasteiger charge is 2.55. The summed E-state index contributed by atoms with van der Waals surface area (Å²) >= 11 is 6.61. The van der Waals surface area contributed by atoms with Crippen molar-refractivity contribution in [3.8, 4) is 0 Å². The number of amides is 2. The van der Waals surface area contributed by atoms with Gasteiger partial charge in [-0.15, -0.1) is 0 Å². The van der Waals surface area contributed by atoms with E-state index in [9.17, 15) is 4.79 Å². The van der Waals surface area contributed by atoms with Crippen LogP contribution in [-0.2, 0) is 0 Å². The van der Waals surface area contributed by atoms with Crippen LogP contribution in [0.25, 0.3) is 16.7 Å². The van der Waals surface area contributed by atoms with Gasteiger partial charge < -0.3 is 4.98 Å². The Balaban J connectivity index is 1.81. The van der Waals surface area contributed by atoms with E-state index in [1.165, 1.54) is 0 Å². The van der Waals surface area contributed by atoms with Crippen LogP contribution in [-0.4, -0.2) is 43.5 Å². The van der Waals surface area contributed by atoms with E-state index in [0.29, 0.717) is 30.5 Å². The van der Waals surface area contributed by atoms with E-state index in [-0.39, 0.29) is 10.5 Å². The van der Waals surface area contributed by atoms with Crippen LogP contribution in [0.2, 0.25) is 0 Å². The third kappa shape index (κ3) is 3.10. The zero-order valence-corrected chi connectivity index (χ0v) is 19.0. The number of hydrogen-bond acceptors (Lipinski definition) is 5. The number of hydrogen-bond donors (Lipinski definition) is 2. The Kier molecular flexibility index (Phi) is 4.98. The lowest BCUT2D eigenvalue weighted by molar-refractivity contribution is 0.221. The van der Waals surface area contributed by atoms with Crippen molar-refractivity contribution in [3.05, 3.63) is 65.8 Å². The molecule has 0 aliphatic carbocycles. The topological polar surface area (TPSA) is 86.8 Å². The molecule has 5 rings (SSSR count). The molecule has 2 N–H and O–H groups in total. The Morgan fingerprint density at radius 2 is 2.00 bits per heavy atom. The van der Waals surface area contributed by atoms with Gasteiger partial charge in [0.2, 0.25) is 0 Å². The number of rotatable bonds is 5. The number of allylic oxidation sites excluding steroid dienone is 1. The SMILES string of the molecule is CC1=C2NC(=O)[N+](CCC(C)C)(c3ccncc3)C2=C(c2nc3ncccc3[nH]2)CN1Cl. The third-order valence-corrected chi connectivity index (χ3v) is 6.57. The Hall–Kier alpha value is -3.23. The molecule has 2 amide bonds. The van der Waals surface area contributed by atoms with Crippen LogP contribution < -0.4 is 9.80 Å². The van der Waals surface area contributed by atoms with Crippen molar-refractivity contribution in [2.24, 2.45) is 5.92 Å². The molecule has 1 saturated heterocycles. The quantitative estimate of drug-likeness (QED) is 0.440. The van der Waals surface area contributed by atoms with Gasteiger partial charge in [0.25, 0.3) is 0 Å². The maximum atomic E-state index is 13.7. The summed E-state index contributed by atoms with van der Waals surface area (Å²) in [6, 6.07) is 7.54. The fourth-order valence-corrected chi connectivity index (χ4v) is 4.67. The van der Waals surface area contributed by atoms with Crippen molar-refractivity contribution in [3.63, 3.8) is 0 Å². The molecule has 3 aromatic heterocycles. The Morgan fingerprint density at radius 3 is 2.72 bits per heavy atom.